The summed E-state index contributed by atoms with van der Waals surface area (Å²) in [5.74, 6) is 3.87. The molecule has 0 aliphatic carbocycles. The highest BCUT2D eigenvalue weighted by Gasteiger charge is 2.30. The number of carbonyl (C=O) groups excluding carboxylic acids is 3. The standard InChI is InChI=1S/C11H20N4O3/c1-2-14-7-8-15(11(18)10(14)17)6-4-3-5-9(16)13-12/h2-8,12H2,1H3,(H,13,16). The molecule has 1 fully saturated rings. The van der Waals surface area contributed by atoms with Crippen molar-refractivity contribution in [1.29, 1.82) is 0 Å². The number of hydrazine groups is 1. The summed E-state index contributed by atoms with van der Waals surface area (Å²) >= 11 is 0. The number of nitrogens with zero attached hydrogens (tertiary/aromatic N) is 2. The molecule has 1 heterocycles. The van der Waals surface area contributed by atoms with Crippen molar-refractivity contribution in [2.24, 2.45) is 5.84 Å². The molecule has 0 radical (unpaired) electrons. The van der Waals surface area contributed by atoms with E-state index < -0.39 is 11.8 Å². The summed E-state index contributed by atoms with van der Waals surface area (Å²) < 4.78 is 0. The van der Waals surface area contributed by atoms with E-state index in [0.29, 0.717) is 45.4 Å². The first kappa shape index (κ1) is 14.4. The highest BCUT2D eigenvalue weighted by molar-refractivity contribution is 6.35. The quantitative estimate of drug-likeness (QED) is 0.206. The zero-order valence-corrected chi connectivity index (χ0v) is 10.6. The molecule has 3 amide bonds. The van der Waals surface area contributed by atoms with E-state index in [9.17, 15) is 14.4 Å². The highest BCUT2D eigenvalue weighted by Crippen LogP contribution is 2.07. The lowest BCUT2D eigenvalue weighted by atomic mass is 10.2. The summed E-state index contributed by atoms with van der Waals surface area (Å²) in [5, 5.41) is 0. The maximum Gasteiger partial charge on any atom is 0.312 e. The van der Waals surface area contributed by atoms with Crippen LogP contribution >= 0.6 is 0 Å². The van der Waals surface area contributed by atoms with E-state index in [1.807, 2.05) is 6.92 Å². The number of carbonyl (C=O) groups is 3. The molecule has 0 unspecified atom stereocenters. The molecule has 7 nitrogen and oxygen atoms in total. The lowest BCUT2D eigenvalue weighted by Crippen LogP contribution is -2.54. The Morgan fingerprint density at radius 2 is 1.83 bits per heavy atom. The number of hydrogen-bond donors (Lipinski definition) is 2. The number of amides is 3. The minimum absolute atomic E-state index is 0.215. The summed E-state index contributed by atoms with van der Waals surface area (Å²) in [7, 11) is 0. The van der Waals surface area contributed by atoms with Crippen molar-refractivity contribution in [3.8, 4) is 0 Å². The molecular weight excluding hydrogens is 236 g/mol. The Labute approximate surface area is 106 Å². The molecule has 1 saturated heterocycles. The lowest BCUT2D eigenvalue weighted by Gasteiger charge is -2.33. The number of unbranched alkanes of at least 4 members (excludes halogenated alkanes) is 1. The molecule has 3 N–H and O–H groups in total. The van der Waals surface area contributed by atoms with Gasteiger partial charge < -0.3 is 9.80 Å². The molecule has 0 aromatic carbocycles. The van der Waals surface area contributed by atoms with Gasteiger partial charge in [0.2, 0.25) is 5.91 Å². The van der Waals surface area contributed by atoms with Crippen LogP contribution < -0.4 is 11.3 Å². The van der Waals surface area contributed by atoms with Gasteiger partial charge in [-0.2, -0.15) is 0 Å². The van der Waals surface area contributed by atoms with E-state index in [0.717, 1.165) is 0 Å². The molecule has 0 aromatic heterocycles. The first-order chi connectivity index (χ1) is 8.60. The Kier molecular flexibility index (Phi) is 5.57. The number of hydrogen-bond acceptors (Lipinski definition) is 4. The third-order valence-electron chi connectivity index (χ3n) is 3.02. The van der Waals surface area contributed by atoms with Crippen LogP contribution in [0.3, 0.4) is 0 Å². The van der Waals surface area contributed by atoms with E-state index in [-0.39, 0.29) is 5.91 Å². The van der Waals surface area contributed by atoms with Gasteiger partial charge in [0.1, 0.15) is 0 Å². The highest BCUT2D eigenvalue weighted by atomic mass is 16.2. The van der Waals surface area contributed by atoms with E-state index in [2.05, 4.69) is 5.43 Å². The Balaban J connectivity index is 2.29. The fourth-order valence-corrected chi connectivity index (χ4v) is 1.89. The van der Waals surface area contributed by atoms with Crippen LogP contribution in [0.5, 0.6) is 0 Å². The summed E-state index contributed by atoms with van der Waals surface area (Å²) in [5.41, 5.74) is 2.05. The van der Waals surface area contributed by atoms with Gasteiger partial charge in [0, 0.05) is 32.6 Å². The number of piperazine rings is 1. The fourth-order valence-electron chi connectivity index (χ4n) is 1.89. The van der Waals surface area contributed by atoms with Crippen molar-refractivity contribution < 1.29 is 14.4 Å². The smallest absolute Gasteiger partial charge is 0.312 e. The molecule has 0 aromatic rings. The summed E-state index contributed by atoms with van der Waals surface area (Å²) in [6.07, 6.45) is 1.69. The molecule has 0 bridgehead atoms. The van der Waals surface area contributed by atoms with Gasteiger partial charge in [-0.1, -0.05) is 0 Å². The third-order valence-corrected chi connectivity index (χ3v) is 3.02. The van der Waals surface area contributed by atoms with Crippen LogP contribution in [-0.4, -0.2) is 53.7 Å². The maximum absolute atomic E-state index is 11.7. The van der Waals surface area contributed by atoms with E-state index in [1.54, 1.807) is 9.80 Å². The number of likely N-dealkylation sites (N-methyl/N-ethyl adjacent to an activating group) is 1. The van der Waals surface area contributed by atoms with Crippen LogP contribution in [0.25, 0.3) is 0 Å². The minimum Gasteiger partial charge on any atom is -0.333 e. The third kappa shape index (κ3) is 3.69. The molecular formula is C11H20N4O3. The fraction of sp³-hybridized carbons (Fsp3) is 0.727. The van der Waals surface area contributed by atoms with Crippen LogP contribution in [0.4, 0.5) is 0 Å². The zero-order chi connectivity index (χ0) is 13.5. The number of nitrogens with two attached hydrogens (primary N) is 1. The normalized spacial score (nSPS) is 16.1. The molecule has 7 heteroatoms. The van der Waals surface area contributed by atoms with E-state index in [1.165, 1.54) is 0 Å². The second kappa shape index (κ2) is 6.95. The SMILES string of the molecule is CCN1CCN(CCCCC(=O)NN)C(=O)C1=O. The van der Waals surface area contributed by atoms with Crippen molar-refractivity contribution in [1.82, 2.24) is 15.2 Å². The first-order valence-corrected chi connectivity index (χ1v) is 6.17. The summed E-state index contributed by atoms with van der Waals surface area (Å²) in [6.45, 7) is 4.09. The van der Waals surface area contributed by atoms with Gasteiger partial charge in [-0.15, -0.1) is 0 Å². The number of nitrogens with one attached hydrogen (secondary N) is 1. The van der Waals surface area contributed by atoms with Gasteiger partial charge >= 0.3 is 11.8 Å². The first-order valence-electron chi connectivity index (χ1n) is 6.17. The second-order valence-electron chi connectivity index (χ2n) is 4.20. The molecule has 102 valence electrons. The molecule has 18 heavy (non-hydrogen) atoms. The Morgan fingerprint density at radius 3 is 2.44 bits per heavy atom. The van der Waals surface area contributed by atoms with Gasteiger partial charge in [-0.3, -0.25) is 19.8 Å². The number of rotatable bonds is 6. The average Bonchev–Trinajstić information content (AvgIpc) is 2.39. The second-order valence-corrected chi connectivity index (χ2v) is 4.20. The predicted molar refractivity (Wildman–Crippen MR) is 65.0 cm³/mol. The van der Waals surface area contributed by atoms with Crippen molar-refractivity contribution in [2.45, 2.75) is 26.2 Å². The largest absolute Gasteiger partial charge is 0.333 e. The van der Waals surface area contributed by atoms with Crippen molar-refractivity contribution >= 4 is 17.7 Å². The van der Waals surface area contributed by atoms with E-state index >= 15 is 0 Å². The molecule has 1 aliphatic rings. The van der Waals surface area contributed by atoms with Crippen LogP contribution in [-0.2, 0) is 14.4 Å². The van der Waals surface area contributed by atoms with Gasteiger partial charge in [-0.05, 0) is 19.8 Å². The van der Waals surface area contributed by atoms with Crippen molar-refractivity contribution in [3.63, 3.8) is 0 Å². The summed E-state index contributed by atoms with van der Waals surface area (Å²) in [6, 6.07) is 0. The zero-order valence-electron chi connectivity index (χ0n) is 10.6. The van der Waals surface area contributed by atoms with Crippen LogP contribution in [0.15, 0.2) is 0 Å². The van der Waals surface area contributed by atoms with Crippen molar-refractivity contribution in [2.75, 3.05) is 26.2 Å². The van der Waals surface area contributed by atoms with Gasteiger partial charge in [0.25, 0.3) is 0 Å². The monoisotopic (exact) mass is 256 g/mol. The van der Waals surface area contributed by atoms with E-state index in [4.69, 9.17) is 5.84 Å². The Morgan fingerprint density at radius 1 is 1.22 bits per heavy atom. The van der Waals surface area contributed by atoms with Crippen molar-refractivity contribution in [3.05, 3.63) is 0 Å². The van der Waals surface area contributed by atoms with Gasteiger partial charge in [0.15, 0.2) is 0 Å². The van der Waals surface area contributed by atoms with Crippen LogP contribution in [0.2, 0.25) is 0 Å². The molecule has 0 spiro atoms. The minimum atomic E-state index is -0.439. The average molecular weight is 256 g/mol. The van der Waals surface area contributed by atoms with Gasteiger partial charge in [0.05, 0.1) is 0 Å². The Hall–Kier alpha value is -1.63. The molecule has 0 atom stereocenters. The Bertz CT molecular complexity index is 332. The maximum atomic E-state index is 11.7. The lowest BCUT2D eigenvalue weighted by molar-refractivity contribution is -0.155. The molecule has 1 rings (SSSR count). The molecule has 0 saturated carbocycles. The van der Waals surface area contributed by atoms with Crippen LogP contribution in [0, 0.1) is 0 Å². The predicted octanol–water partition coefficient (Wildman–Crippen LogP) is -1.16. The summed E-state index contributed by atoms with van der Waals surface area (Å²) in [4.78, 5) is 37.3. The van der Waals surface area contributed by atoms with Crippen LogP contribution in [0.1, 0.15) is 26.2 Å². The van der Waals surface area contributed by atoms with Gasteiger partial charge in [-0.25, -0.2) is 5.84 Å². The molecule has 1 aliphatic heterocycles. The topological polar surface area (TPSA) is 95.7 Å².